The number of nitrogens with one attached hydrogen (secondary N) is 2. The lowest BCUT2D eigenvalue weighted by Gasteiger charge is -2.01. The van der Waals surface area contributed by atoms with E-state index in [0.29, 0.717) is 21.2 Å². The molecule has 0 saturated heterocycles. The lowest BCUT2D eigenvalue weighted by Crippen LogP contribution is -2.17. The molecule has 0 atom stereocenters. The molecule has 4 nitrogen and oxygen atoms in total. The first-order chi connectivity index (χ1) is 10.7. The van der Waals surface area contributed by atoms with Gasteiger partial charge in [-0.1, -0.05) is 47.5 Å². The Morgan fingerprint density at radius 2 is 1.82 bits per heavy atom. The third-order valence-electron chi connectivity index (χ3n) is 3.19. The first kappa shape index (κ1) is 14.6. The lowest BCUT2D eigenvalue weighted by molar-refractivity contribution is 0.0957. The Bertz CT molecular complexity index is 850. The van der Waals surface area contributed by atoms with Gasteiger partial charge in [-0.2, -0.15) is 5.10 Å². The second-order valence-corrected chi connectivity index (χ2v) is 5.40. The van der Waals surface area contributed by atoms with Gasteiger partial charge in [0.25, 0.3) is 5.91 Å². The molecule has 2 N–H and O–H groups in total. The third-order valence-corrected chi connectivity index (χ3v) is 3.85. The number of nitrogens with zero attached hydrogens (tertiary/aromatic N) is 1. The highest BCUT2D eigenvalue weighted by Crippen LogP contribution is 2.22. The Morgan fingerprint density at radius 1 is 1.09 bits per heavy atom. The predicted molar refractivity (Wildman–Crippen MR) is 89.8 cm³/mol. The fraction of sp³-hybridized carbons (Fsp3) is 0. The number of hydrogen-bond acceptors (Lipinski definition) is 2. The van der Waals surface area contributed by atoms with Gasteiger partial charge in [-0.05, 0) is 18.2 Å². The number of aromatic nitrogens is 1. The van der Waals surface area contributed by atoms with E-state index in [1.807, 2.05) is 24.3 Å². The molecule has 6 heteroatoms. The number of H-pyrrole nitrogens is 1. The van der Waals surface area contributed by atoms with Crippen molar-refractivity contribution in [3.05, 3.63) is 69.8 Å². The van der Waals surface area contributed by atoms with Crippen LogP contribution in [-0.2, 0) is 0 Å². The Labute approximate surface area is 136 Å². The molecule has 110 valence electrons. The molecule has 22 heavy (non-hydrogen) atoms. The van der Waals surface area contributed by atoms with Crippen molar-refractivity contribution in [1.29, 1.82) is 0 Å². The molecule has 0 spiro atoms. The number of aromatic amines is 1. The molecule has 0 saturated carbocycles. The van der Waals surface area contributed by atoms with Crippen LogP contribution in [0.4, 0.5) is 0 Å². The van der Waals surface area contributed by atoms with Crippen molar-refractivity contribution < 1.29 is 4.79 Å². The van der Waals surface area contributed by atoms with Crippen LogP contribution in [0.15, 0.2) is 53.8 Å². The number of para-hydroxylation sites is 1. The molecule has 0 unspecified atom stereocenters. The largest absolute Gasteiger partial charge is 0.360 e. The predicted octanol–water partition coefficient (Wildman–Crippen LogP) is 4.24. The maximum Gasteiger partial charge on any atom is 0.273 e. The summed E-state index contributed by atoms with van der Waals surface area (Å²) in [7, 11) is 0. The minimum Gasteiger partial charge on any atom is -0.360 e. The highest BCUT2D eigenvalue weighted by Gasteiger charge is 2.10. The average Bonchev–Trinajstić information content (AvgIpc) is 2.94. The molecule has 0 fully saturated rings. The number of hydrazone groups is 1. The normalized spacial score (nSPS) is 11.2. The standard InChI is InChI=1S/C16H11Cl2N3O/c17-13-5-3-6-14(18)12(13)9-20-21-16(22)11-8-19-15-7-2-1-4-10(11)15/h1-9,19H,(H,21,22)/b20-9+. The summed E-state index contributed by atoms with van der Waals surface area (Å²) in [6, 6.07) is 12.7. The van der Waals surface area contributed by atoms with E-state index in [1.165, 1.54) is 6.21 Å². The SMILES string of the molecule is O=C(N/N=C/c1c(Cl)cccc1Cl)c1c[nH]c2ccccc12. The molecular weight excluding hydrogens is 321 g/mol. The van der Waals surface area contributed by atoms with Crippen molar-refractivity contribution in [2.24, 2.45) is 5.10 Å². The van der Waals surface area contributed by atoms with E-state index >= 15 is 0 Å². The van der Waals surface area contributed by atoms with Crippen LogP contribution in [0.25, 0.3) is 10.9 Å². The van der Waals surface area contributed by atoms with Gasteiger partial charge in [0.05, 0.1) is 21.8 Å². The molecule has 3 aromatic rings. The quantitative estimate of drug-likeness (QED) is 0.547. The fourth-order valence-corrected chi connectivity index (χ4v) is 2.60. The van der Waals surface area contributed by atoms with Gasteiger partial charge >= 0.3 is 0 Å². The van der Waals surface area contributed by atoms with Gasteiger partial charge in [0, 0.05) is 22.7 Å². The summed E-state index contributed by atoms with van der Waals surface area (Å²) in [5, 5.41) is 5.70. The summed E-state index contributed by atoms with van der Waals surface area (Å²) in [5.41, 5.74) is 4.45. The van der Waals surface area contributed by atoms with E-state index in [0.717, 1.165) is 10.9 Å². The van der Waals surface area contributed by atoms with Crippen LogP contribution >= 0.6 is 23.2 Å². The first-order valence-electron chi connectivity index (χ1n) is 6.50. The fourth-order valence-electron chi connectivity index (χ4n) is 2.11. The van der Waals surface area contributed by atoms with Gasteiger partial charge in [0.1, 0.15) is 0 Å². The van der Waals surface area contributed by atoms with Crippen LogP contribution < -0.4 is 5.43 Å². The number of rotatable bonds is 3. The zero-order valence-corrected chi connectivity index (χ0v) is 12.8. The topological polar surface area (TPSA) is 57.2 Å². The second kappa shape index (κ2) is 6.22. The Hall–Kier alpha value is -2.30. The van der Waals surface area contributed by atoms with Crippen molar-refractivity contribution >= 4 is 46.2 Å². The Morgan fingerprint density at radius 3 is 2.59 bits per heavy atom. The third kappa shape index (κ3) is 2.84. The maximum atomic E-state index is 12.2. The van der Waals surface area contributed by atoms with Crippen LogP contribution in [0.2, 0.25) is 10.0 Å². The minimum atomic E-state index is -0.308. The molecular formula is C16H11Cl2N3O. The molecule has 0 aliphatic carbocycles. The number of hydrogen-bond donors (Lipinski definition) is 2. The number of amides is 1. The van der Waals surface area contributed by atoms with Gasteiger partial charge in [-0.15, -0.1) is 0 Å². The van der Waals surface area contributed by atoms with E-state index in [9.17, 15) is 4.79 Å². The maximum absolute atomic E-state index is 12.2. The molecule has 1 aromatic heterocycles. The van der Waals surface area contributed by atoms with Crippen molar-refractivity contribution in [1.82, 2.24) is 10.4 Å². The van der Waals surface area contributed by atoms with E-state index < -0.39 is 0 Å². The monoisotopic (exact) mass is 331 g/mol. The summed E-state index contributed by atoms with van der Waals surface area (Å²) in [6.07, 6.45) is 3.08. The van der Waals surface area contributed by atoms with E-state index in [4.69, 9.17) is 23.2 Å². The number of carbonyl (C=O) groups excluding carboxylic acids is 1. The lowest BCUT2D eigenvalue weighted by atomic mass is 10.2. The highest BCUT2D eigenvalue weighted by atomic mass is 35.5. The van der Waals surface area contributed by atoms with Crippen molar-refractivity contribution in [3.8, 4) is 0 Å². The summed E-state index contributed by atoms with van der Waals surface area (Å²) < 4.78 is 0. The Balaban J connectivity index is 1.79. The number of carbonyl (C=O) groups is 1. The number of halogens is 2. The van der Waals surface area contributed by atoms with Gasteiger partial charge < -0.3 is 4.98 Å². The van der Waals surface area contributed by atoms with Crippen LogP contribution in [0.1, 0.15) is 15.9 Å². The molecule has 0 aliphatic heterocycles. The van der Waals surface area contributed by atoms with Gasteiger partial charge in [-0.25, -0.2) is 5.43 Å². The first-order valence-corrected chi connectivity index (χ1v) is 7.26. The van der Waals surface area contributed by atoms with Crippen molar-refractivity contribution in [3.63, 3.8) is 0 Å². The summed E-state index contributed by atoms with van der Waals surface area (Å²) in [4.78, 5) is 15.2. The Kier molecular flexibility index (Phi) is 4.13. The van der Waals surface area contributed by atoms with E-state index in [-0.39, 0.29) is 5.91 Å². The summed E-state index contributed by atoms with van der Waals surface area (Å²) in [6.45, 7) is 0. The zero-order valence-electron chi connectivity index (χ0n) is 11.3. The number of benzene rings is 2. The van der Waals surface area contributed by atoms with Crippen molar-refractivity contribution in [2.45, 2.75) is 0 Å². The number of fused-ring (bicyclic) bond motifs is 1. The molecule has 0 bridgehead atoms. The summed E-state index contributed by atoms with van der Waals surface area (Å²) in [5.74, 6) is -0.308. The molecule has 2 aromatic carbocycles. The van der Waals surface area contributed by atoms with Gasteiger partial charge in [-0.3, -0.25) is 4.79 Å². The van der Waals surface area contributed by atoms with E-state index in [2.05, 4.69) is 15.5 Å². The highest BCUT2D eigenvalue weighted by molar-refractivity contribution is 6.38. The smallest absolute Gasteiger partial charge is 0.273 e. The molecule has 0 radical (unpaired) electrons. The van der Waals surface area contributed by atoms with Crippen LogP contribution in [0, 0.1) is 0 Å². The minimum absolute atomic E-state index is 0.308. The van der Waals surface area contributed by atoms with E-state index in [1.54, 1.807) is 24.4 Å². The molecule has 1 amide bonds. The van der Waals surface area contributed by atoms with Crippen molar-refractivity contribution in [2.75, 3.05) is 0 Å². The second-order valence-electron chi connectivity index (χ2n) is 4.58. The van der Waals surface area contributed by atoms with Crippen LogP contribution in [0.5, 0.6) is 0 Å². The van der Waals surface area contributed by atoms with Gasteiger partial charge in [0.15, 0.2) is 0 Å². The molecule has 1 heterocycles. The van der Waals surface area contributed by atoms with Gasteiger partial charge in [0.2, 0.25) is 0 Å². The summed E-state index contributed by atoms with van der Waals surface area (Å²) >= 11 is 12.1. The average molecular weight is 332 g/mol. The van der Waals surface area contributed by atoms with Crippen LogP contribution in [-0.4, -0.2) is 17.1 Å². The zero-order chi connectivity index (χ0) is 15.5. The molecule has 3 rings (SSSR count). The molecule has 0 aliphatic rings. The van der Waals surface area contributed by atoms with Crippen LogP contribution in [0.3, 0.4) is 0 Å².